The molecule has 2 amide bonds. The number of amides is 2. The SMILES string of the molecule is O=C(Nc1cc(=NC2CC2)n2nc/c(=C\c3[nH]c(=O)[nH]c3O)c2n1)N1CCCCC1. The zero-order valence-electron chi connectivity index (χ0n) is 16.3. The molecule has 2 aliphatic rings. The van der Waals surface area contributed by atoms with E-state index in [0.717, 1.165) is 45.2 Å². The topological polar surface area (TPSA) is 144 Å². The average Bonchev–Trinajstić information content (AvgIpc) is 3.37. The molecule has 1 aliphatic carbocycles. The van der Waals surface area contributed by atoms with Crippen LogP contribution in [0.15, 0.2) is 22.1 Å². The Labute approximate surface area is 170 Å². The number of rotatable bonds is 3. The molecule has 4 heterocycles. The molecule has 1 aliphatic heterocycles. The van der Waals surface area contributed by atoms with Crippen LogP contribution in [0.4, 0.5) is 10.6 Å². The number of fused-ring (bicyclic) bond motifs is 1. The molecule has 11 heteroatoms. The number of aromatic nitrogens is 5. The van der Waals surface area contributed by atoms with Gasteiger partial charge in [-0.25, -0.2) is 14.6 Å². The second-order valence-electron chi connectivity index (χ2n) is 7.66. The van der Waals surface area contributed by atoms with Gasteiger partial charge in [0.2, 0.25) is 5.88 Å². The first kappa shape index (κ1) is 18.4. The average molecular weight is 410 g/mol. The fourth-order valence-corrected chi connectivity index (χ4v) is 3.55. The number of urea groups is 1. The van der Waals surface area contributed by atoms with Gasteiger partial charge < -0.3 is 15.0 Å². The summed E-state index contributed by atoms with van der Waals surface area (Å²) in [4.78, 5) is 39.9. The highest BCUT2D eigenvalue weighted by Gasteiger charge is 2.21. The molecule has 0 radical (unpaired) electrons. The molecule has 3 aromatic heterocycles. The Kier molecular flexibility index (Phi) is 4.49. The van der Waals surface area contributed by atoms with Crippen LogP contribution in [0.25, 0.3) is 11.7 Å². The van der Waals surface area contributed by atoms with Crippen molar-refractivity contribution in [2.75, 3.05) is 18.4 Å². The van der Waals surface area contributed by atoms with E-state index < -0.39 is 5.69 Å². The number of nitrogens with one attached hydrogen (secondary N) is 3. The molecule has 0 atom stereocenters. The molecule has 156 valence electrons. The number of nitrogens with zero attached hydrogens (tertiary/aromatic N) is 5. The number of aromatic hydroxyl groups is 1. The van der Waals surface area contributed by atoms with E-state index in [1.54, 1.807) is 27.8 Å². The maximum atomic E-state index is 12.6. The lowest BCUT2D eigenvalue weighted by Gasteiger charge is -2.26. The number of carbonyl (C=O) groups excluding carboxylic acids is 1. The van der Waals surface area contributed by atoms with E-state index in [4.69, 9.17) is 0 Å². The number of carbonyl (C=O) groups is 1. The lowest BCUT2D eigenvalue weighted by molar-refractivity contribution is 0.200. The van der Waals surface area contributed by atoms with Crippen LogP contribution in [0, 0.1) is 0 Å². The van der Waals surface area contributed by atoms with Crippen LogP contribution in [0.5, 0.6) is 5.88 Å². The molecule has 30 heavy (non-hydrogen) atoms. The summed E-state index contributed by atoms with van der Waals surface area (Å²) in [6, 6.07) is 1.80. The first-order chi connectivity index (χ1) is 14.6. The minimum Gasteiger partial charge on any atom is -0.493 e. The van der Waals surface area contributed by atoms with Crippen molar-refractivity contribution in [2.24, 2.45) is 4.99 Å². The van der Waals surface area contributed by atoms with E-state index in [1.807, 2.05) is 0 Å². The van der Waals surface area contributed by atoms with Crippen LogP contribution < -0.4 is 21.7 Å². The third kappa shape index (κ3) is 3.65. The molecule has 11 nitrogen and oxygen atoms in total. The smallest absolute Gasteiger partial charge is 0.326 e. The van der Waals surface area contributed by atoms with E-state index in [2.05, 4.69) is 30.4 Å². The Morgan fingerprint density at radius 2 is 2.07 bits per heavy atom. The lowest BCUT2D eigenvalue weighted by Crippen LogP contribution is -2.39. The maximum Gasteiger partial charge on any atom is 0.326 e. The first-order valence-corrected chi connectivity index (χ1v) is 10.1. The summed E-state index contributed by atoms with van der Waals surface area (Å²) in [7, 11) is 0. The van der Waals surface area contributed by atoms with Gasteiger partial charge in [-0.2, -0.15) is 9.61 Å². The van der Waals surface area contributed by atoms with Gasteiger partial charge in [0.15, 0.2) is 11.1 Å². The van der Waals surface area contributed by atoms with Gasteiger partial charge in [0.1, 0.15) is 11.5 Å². The standard InChI is InChI=1S/C19H22N8O3/c28-17-13(22-18(29)25-17)8-11-10-20-27-15(21-12-4-5-12)9-14(23-16(11)27)24-19(30)26-6-2-1-3-7-26/h8-10,12,28H,1-7H2,(H,24,30)(H2,22,25,29)/b11-8+,21-15?. The van der Waals surface area contributed by atoms with Gasteiger partial charge in [0.05, 0.1) is 12.2 Å². The summed E-state index contributed by atoms with van der Waals surface area (Å²) in [6.07, 6.45) is 8.34. The van der Waals surface area contributed by atoms with Gasteiger partial charge in [-0.3, -0.25) is 15.3 Å². The van der Waals surface area contributed by atoms with Crippen LogP contribution in [0.1, 0.15) is 37.8 Å². The predicted molar refractivity (Wildman–Crippen MR) is 108 cm³/mol. The molecule has 4 N–H and O–H groups in total. The summed E-state index contributed by atoms with van der Waals surface area (Å²) < 4.78 is 1.60. The molecule has 0 unspecified atom stereocenters. The van der Waals surface area contributed by atoms with Crippen LogP contribution in [0.3, 0.4) is 0 Å². The normalized spacial score (nSPS) is 18.3. The highest BCUT2D eigenvalue weighted by molar-refractivity contribution is 5.88. The third-order valence-corrected chi connectivity index (χ3v) is 5.26. The summed E-state index contributed by atoms with van der Waals surface area (Å²) in [5.41, 5.74) is 0.775. The van der Waals surface area contributed by atoms with E-state index >= 15 is 0 Å². The Bertz CT molecular complexity index is 1280. The zero-order valence-corrected chi connectivity index (χ0v) is 16.3. The van der Waals surface area contributed by atoms with E-state index in [9.17, 15) is 14.7 Å². The van der Waals surface area contributed by atoms with Gasteiger partial charge in [-0.15, -0.1) is 0 Å². The van der Waals surface area contributed by atoms with Crippen molar-refractivity contribution in [3.63, 3.8) is 0 Å². The zero-order chi connectivity index (χ0) is 20.7. The Hall–Kier alpha value is -3.63. The highest BCUT2D eigenvalue weighted by atomic mass is 16.3. The molecule has 2 fully saturated rings. The number of likely N-dealkylation sites (tertiary alicyclic amines) is 1. The minimum absolute atomic E-state index is 0.179. The number of piperidine rings is 1. The summed E-state index contributed by atoms with van der Waals surface area (Å²) in [5, 5.41) is 17.7. The number of aromatic amines is 2. The number of hydrogen-bond donors (Lipinski definition) is 4. The second-order valence-corrected chi connectivity index (χ2v) is 7.66. The van der Waals surface area contributed by atoms with Crippen molar-refractivity contribution >= 4 is 23.6 Å². The highest BCUT2D eigenvalue weighted by Crippen LogP contribution is 2.22. The van der Waals surface area contributed by atoms with Gasteiger partial charge >= 0.3 is 11.7 Å². The minimum atomic E-state index is -0.512. The third-order valence-electron chi connectivity index (χ3n) is 5.26. The van der Waals surface area contributed by atoms with Crippen molar-refractivity contribution in [3.8, 4) is 5.88 Å². The van der Waals surface area contributed by atoms with E-state index in [0.29, 0.717) is 22.2 Å². The van der Waals surface area contributed by atoms with Crippen molar-refractivity contribution in [2.45, 2.75) is 38.1 Å². The Morgan fingerprint density at radius 1 is 1.27 bits per heavy atom. The number of hydrogen-bond acceptors (Lipinski definition) is 6. The lowest BCUT2D eigenvalue weighted by atomic mass is 10.1. The van der Waals surface area contributed by atoms with Crippen LogP contribution in [-0.2, 0) is 0 Å². The quantitative estimate of drug-likeness (QED) is 0.483. The monoisotopic (exact) mass is 410 g/mol. The molecule has 3 aromatic rings. The fourth-order valence-electron chi connectivity index (χ4n) is 3.55. The van der Waals surface area contributed by atoms with Gasteiger partial charge in [-0.05, 0) is 38.2 Å². The van der Waals surface area contributed by atoms with E-state index in [1.165, 1.54) is 0 Å². The molecule has 0 aromatic carbocycles. The number of anilines is 1. The summed E-state index contributed by atoms with van der Waals surface area (Å²) >= 11 is 0. The molecule has 1 saturated carbocycles. The first-order valence-electron chi connectivity index (χ1n) is 10.1. The fraction of sp³-hybridized carbons (Fsp3) is 0.421. The van der Waals surface area contributed by atoms with Gasteiger partial charge in [0, 0.05) is 24.4 Å². The van der Waals surface area contributed by atoms with Crippen molar-refractivity contribution in [3.05, 3.63) is 39.1 Å². The van der Waals surface area contributed by atoms with Crippen LogP contribution in [0.2, 0.25) is 0 Å². The number of H-pyrrole nitrogens is 2. The van der Waals surface area contributed by atoms with Gasteiger partial charge in [-0.1, -0.05) is 0 Å². The predicted octanol–water partition coefficient (Wildman–Crippen LogP) is 0.0799. The molecule has 0 bridgehead atoms. The van der Waals surface area contributed by atoms with Gasteiger partial charge in [0.25, 0.3) is 0 Å². The van der Waals surface area contributed by atoms with Crippen molar-refractivity contribution in [1.82, 2.24) is 29.5 Å². The van der Waals surface area contributed by atoms with Crippen LogP contribution >= 0.6 is 0 Å². The van der Waals surface area contributed by atoms with Crippen molar-refractivity contribution in [1.29, 1.82) is 0 Å². The van der Waals surface area contributed by atoms with Crippen molar-refractivity contribution < 1.29 is 9.90 Å². The van der Waals surface area contributed by atoms with E-state index in [-0.39, 0.29) is 23.6 Å². The number of imidazole rings is 1. The Balaban J connectivity index is 1.58. The maximum absolute atomic E-state index is 12.6. The summed E-state index contributed by atoms with van der Waals surface area (Å²) in [5.74, 6) is 0.121. The second kappa shape index (κ2) is 7.32. The molecule has 5 rings (SSSR count). The molecule has 0 spiro atoms. The molecule has 1 saturated heterocycles. The van der Waals surface area contributed by atoms with Crippen LogP contribution in [-0.4, -0.2) is 59.7 Å². The Morgan fingerprint density at radius 3 is 2.77 bits per heavy atom. The molecular weight excluding hydrogens is 388 g/mol. The molecular formula is C19H22N8O3. The summed E-state index contributed by atoms with van der Waals surface area (Å²) in [6.45, 7) is 1.47. The largest absolute Gasteiger partial charge is 0.493 e.